The standard InChI is InChI=1S/C21H21F5N2O5S/c1-11(19(2,22)23)32-15-5-4-13(34(3,30)31)6-14(15)18(29)28-9-12-8-20(12,10-28)16-7-17(33-27-16)21(24,25)26/h4-7,11-12H,8-10H2,1-3H3/t11-,12?,20?/m1/s1. The van der Waals surface area contributed by atoms with Crippen LogP contribution in [0.15, 0.2) is 33.7 Å². The second kappa shape index (κ2) is 7.65. The quantitative estimate of drug-likeness (QED) is 0.550. The predicted octanol–water partition coefficient (Wildman–Crippen LogP) is 3.93. The molecule has 0 spiro atoms. The molecule has 0 N–H and O–H groups in total. The second-order valence-electron chi connectivity index (χ2n) is 8.96. The highest BCUT2D eigenvalue weighted by Gasteiger charge is 2.64. The second-order valence-corrected chi connectivity index (χ2v) is 11.0. The fraction of sp³-hybridized carbons (Fsp3) is 0.524. The van der Waals surface area contributed by atoms with Crippen LogP contribution < -0.4 is 4.74 Å². The number of amides is 1. The van der Waals surface area contributed by atoms with E-state index in [4.69, 9.17) is 4.74 Å². The van der Waals surface area contributed by atoms with Crippen LogP contribution in [-0.4, -0.2) is 55.8 Å². The molecule has 3 atom stereocenters. The summed E-state index contributed by atoms with van der Waals surface area (Å²) in [6.07, 6.45) is -4.87. The Bertz CT molecular complexity index is 1240. The first kappa shape index (κ1) is 24.4. The smallest absolute Gasteiger partial charge is 0.452 e. The molecule has 186 valence electrons. The highest BCUT2D eigenvalue weighted by Crippen LogP contribution is 2.59. The van der Waals surface area contributed by atoms with Gasteiger partial charge in [-0.15, -0.1) is 0 Å². The maximum atomic E-state index is 13.7. The van der Waals surface area contributed by atoms with Crippen molar-refractivity contribution >= 4 is 15.7 Å². The number of rotatable bonds is 6. The van der Waals surface area contributed by atoms with Crippen LogP contribution in [-0.2, 0) is 21.4 Å². The number of alkyl halides is 5. The SMILES string of the molecule is C[C@@H](Oc1ccc(S(C)(=O)=O)cc1C(=O)N1CC2CC2(c2cc(C(F)(F)F)on2)C1)C(C)(F)F. The molecule has 1 aliphatic carbocycles. The lowest BCUT2D eigenvalue weighted by Crippen LogP contribution is -2.35. The van der Waals surface area contributed by atoms with E-state index < -0.39 is 45.1 Å². The molecule has 1 aromatic carbocycles. The van der Waals surface area contributed by atoms with E-state index in [9.17, 15) is 35.2 Å². The molecule has 2 aromatic rings. The van der Waals surface area contributed by atoms with E-state index in [0.717, 1.165) is 37.4 Å². The van der Waals surface area contributed by atoms with Crippen molar-refractivity contribution < 1.29 is 44.4 Å². The molecule has 34 heavy (non-hydrogen) atoms. The number of ether oxygens (including phenoxy) is 1. The number of hydrogen-bond donors (Lipinski definition) is 0. The first-order valence-electron chi connectivity index (χ1n) is 10.2. The maximum Gasteiger partial charge on any atom is 0.452 e. The number of nitrogens with zero attached hydrogens (tertiary/aromatic N) is 2. The Morgan fingerprint density at radius 1 is 1.26 bits per heavy atom. The number of halogens is 5. The molecule has 1 amide bonds. The monoisotopic (exact) mass is 508 g/mol. The van der Waals surface area contributed by atoms with Gasteiger partial charge in [-0.2, -0.15) is 13.2 Å². The van der Waals surface area contributed by atoms with Crippen molar-refractivity contribution in [2.75, 3.05) is 19.3 Å². The summed E-state index contributed by atoms with van der Waals surface area (Å²) in [5.74, 6) is -5.54. The van der Waals surface area contributed by atoms with Crippen molar-refractivity contribution in [3.05, 3.63) is 41.3 Å². The molecule has 1 saturated carbocycles. The van der Waals surface area contributed by atoms with E-state index in [1.54, 1.807) is 0 Å². The van der Waals surface area contributed by atoms with Gasteiger partial charge in [-0.25, -0.2) is 17.2 Å². The van der Waals surface area contributed by atoms with Crippen LogP contribution in [0, 0.1) is 5.92 Å². The van der Waals surface area contributed by atoms with Gasteiger partial charge in [0.2, 0.25) is 5.76 Å². The summed E-state index contributed by atoms with van der Waals surface area (Å²) in [6.45, 7) is 1.95. The van der Waals surface area contributed by atoms with Crippen molar-refractivity contribution in [1.82, 2.24) is 10.1 Å². The van der Waals surface area contributed by atoms with E-state index in [1.165, 1.54) is 4.90 Å². The number of piperidine rings is 1. The van der Waals surface area contributed by atoms with Gasteiger partial charge in [0.1, 0.15) is 5.75 Å². The maximum absolute atomic E-state index is 13.7. The van der Waals surface area contributed by atoms with E-state index >= 15 is 0 Å². The minimum atomic E-state index is -4.70. The van der Waals surface area contributed by atoms with Crippen LogP contribution in [0.1, 0.15) is 42.1 Å². The summed E-state index contributed by atoms with van der Waals surface area (Å²) in [5, 5.41) is 3.55. The lowest BCUT2D eigenvalue weighted by atomic mass is 10.0. The van der Waals surface area contributed by atoms with Crippen LogP contribution in [0.2, 0.25) is 0 Å². The Balaban J connectivity index is 1.63. The van der Waals surface area contributed by atoms with Gasteiger partial charge >= 0.3 is 6.18 Å². The normalized spacial score (nSPS) is 23.5. The highest BCUT2D eigenvalue weighted by atomic mass is 32.2. The van der Waals surface area contributed by atoms with E-state index in [1.807, 2.05) is 0 Å². The fourth-order valence-electron chi connectivity index (χ4n) is 4.15. The molecule has 1 aliphatic heterocycles. The average molecular weight is 508 g/mol. The molecule has 7 nitrogen and oxygen atoms in total. The van der Waals surface area contributed by atoms with Crippen molar-refractivity contribution in [3.63, 3.8) is 0 Å². The predicted molar refractivity (Wildman–Crippen MR) is 107 cm³/mol. The first-order valence-corrected chi connectivity index (χ1v) is 12.1. The minimum absolute atomic E-state index is 0.0162. The molecule has 2 aliphatic rings. The average Bonchev–Trinajstić information content (AvgIpc) is 3.07. The summed E-state index contributed by atoms with van der Waals surface area (Å²) in [5.41, 5.74) is -0.950. The third-order valence-corrected chi connectivity index (χ3v) is 7.47. The molecule has 13 heteroatoms. The zero-order valence-electron chi connectivity index (χ0n) is 18.3. The first-order chi connectivity index (χ1) is 15.5. The molecule has 4 rings (SSSR count). The van der Waals surface area contributed by atoms with Crippen LogP contribution >= 0.6 is 0 Å². The number of benzene rings is 1. The van der Waals surface area contributed by atoms with Crippen LogP contribution in [0.4, 0.5) is 22.0 Å². The Labute approximate surface area is 191 Å². The summed E-state index contributed by atoms with van der Waals surface area (Å²) in [4.78, 5) is 14.5. The largest absolute Gasteiger partial charge is 0.484 e. The van der Waals surface area contributed by atoms with Crippen LogP contribution in [0.5, 0.6) is 5.75 Å². The number of sulfone groups is 1. The van der Waals surface area contributed by atoms with Gasteiger partial charge in [-0.05, 0) is 37.5 Å². The molecule has 0 bridgehead atoms. The number of carbonyl (C=O) groups excluding carboxylic acids is 1. The Hall–Kier alpha value is -2.70. The van der Waals surface area contributed by atoms with Gasteiger partial charge in [0.25, 0.3) is 11.8 Å². The Morgan fingerprint density at radius 2 is 1.94 bits per heavy atom. The fourth-order valence-corrected chi connectivity index (χ4v) is 4.80. The molecule has 2 fully saturated rings. The minimum Gasteiger partial charge on any atom is -0.484 e. The van der Waals surface area contributed by atoms with Crippen molar-refractivity contribution in [3.8, 4) is 5.75 Å². The third kappa shape index (κ3) is 4.37. The summed E-state index contributed by atoms with van der Waals surface area (Å²) in [6, 6.07) is 4.17. The van der Waals surface area contributed by atoms with Gasteiger partial charge in [-0.3, -0.25) is 4.79 Å². The van der Waals surface area contributed by atoms with Gasteiger partial charge in [0, 0.05) is 37.8 Å². The Morgan fingerprint density at radius 3 is 2.50 bits per heavy atom. The van der Waals surface area contributed by atoms with Crippen molar-refractivity contribution in [2.45, 2.75) is 48.8 Å². The third-order valence-electron chi connectivity index (χ3n) is 6.36. The zero-order valence-corrected chi connectivity index (χ0v) is 19.1. The van der Waals surface area contributed by atoms with E-state index in [2.05, 4.69) is 9.68 Å². The number of fused-ring (bicyclic) bond motifs is 1. The lowest BCUT2D eigenvalue weighted by Gasteiger charge is -2.25. The molecular weight excluding hydrogens is 487 g/mol. The van der Waals surface area contributed by atoms with Crippen LogP contribution in [0.3, 0.4) is 0 Å². The topological polar surface area (TPSA) is 89.7 Å². The molecule has 2 heterocycles. The van der Waals surface area contributed by atoms with E-state index in [-0.39, 0.29) is 40.9 Å². The molecule has 2 unspecified atom stereocenters. The van der Waals surface area contributed by atoms with Crippen molar-refractivity contribution in [2.24, 2.45) is 5.92 Å². The highest BCUT2D eigenvalue weighted by molar-refractivity contribution is 7.90. The van der Waals surface area contributed by atoms with Gasteiger partial charge < -0.3 is 14.2 Å². The summed E-state index contributed by atoms with van der Waals surface area (Å²) >= 11 is 0. The van der Waals surface area contributed by atoms with Gasteiger partial charge in [0.05, 0.1) is 16.2 Å². The van der Waals surface area contributed by atoms with Crippen LogP contribution in [0.25, 0.3) is 0 Å². The van der Waals surface area contributed by atoms with Gasteiger partial charge in [-0.1, -0.05) is 5.16 Å². The molecule has 1 saturated heterocycles. The molecular formula is C21H21F5N2O5S. The van der Waals surface area contributed by atoms with E-state index in [0.29, 0.717) is 13.3 Å². The molecule has 0 radical (unpaired) electrons. The lowest BCUT2D eigenvalue weighted by molar-refractivity contribution is -0.155. The van der Waals surface area contributed by atoms with Gasteiger partial charge in [0.15, 0.2) is 15.9 Å². The zero-order chi connectivity index (χ0) is 25.3. The Kier molecular flexibility index (Phi) is 5.50. The number of carbonyl (C=O) groups is 1. The molecule has 1 aromatic heterocycles. The van der Waals surface area contributed by atoms with Crippen molar-refractivity contribution in [1.29, 1.82) is 0 Å². The summed E-state index contributed by atoms with van der Waals surface area (Å²) < 4.78 is 99.8. The number of likely N-dealkylation sites (tertiary alicyclic amines) is 1. The number of aromatic nitrogens is 1. The number of hydrogen-bond acceptors (Lipinski definition) is 6. The summed E-state index contributed by atoms with van der Waals surface area (Å²) in [7, 11) is -3.73.